The highest BCUT2D eigenvalue weighted by atomic mass is 19.4. The number of nitro benzene ring substituents is 1. The highest BCUT2D eigenvalue weighted by Gasteiger charge is 2.44. The van der Waals surface area contributed by atoms with Gasteiger partial charge in [0, 0.05) is 24.1 Å². The lowest BCUT2D eigenvalue weighted by Crippen LogP contribution is -2.48. The first-order valence-electron chi connectivity index (χ1n) is 7.39. The number of amides is 1. The van der Waals surface area contributed by atoms with E-state index in [-0.39, 0.29) is 16.8 Å². The molecular formula is C17H13F3N2O4. The Kier molecular flexibility index (Phi) is 5.71. The second-order valence-electron chi connectivity index (χ2n) is 5.38. The fourth-order valence-corrected chi connectivity index (χ4v) is 2.23. The summed E-state index contributed by atoms with van der Waals surface area (Å²) in [5, 5.41) is 12.7. The Hall–Kier alpha value is -3.23. The number of hydrogen-bond donors (Lipinski definition) is 1. The van der Waals surface area contributed by atoms with E-state index in [0.29, 0.717) is 0 Å². The minimum absolute atomic E-state index is 0.108. The molecule has 1 N–H and O–H groups in total. The largest absolute Gasteiger partial charge is 0.452 e. The van der Waals surface area contributed by atoms with Crippen LogP contribution in [0, 0.1) is 10.1 Å². The van der Waals surface area contributed by atoms with E-state index >= 15 is 0 Å². The summed E-state index contributed by atoms with van der Waals surface area (Å²) in [4.78, 5) is 33.7. The summed E-state index contributed by atoms with van der Waals surface area (Å²) in [5.41, 5.74) is 0.114. The molecule has 0 aromatic heterocycles. The molecule has 0 heterocycles. The number of carbonyl (C=O) groups excluding carboxylic acids is 2. The second-order valence-corrected chi connectivity index (χ2v) is 5.38. The lowest BCUT2D eigenvalue weighted by molar-refractivity contribution is -0.384. The van der Waals surface area contributed by atoms with Gasteiger partial charge >= 0.3 is 6.18 Å². The summed E-state index contributed by atoms with van der Waals surface area (Å²) in [6.45, 7) is 0. The van der Waals surface area contributed by atoms with E-state index in [1.54, 1.807) is 6.07 Å². The van der Waals surface area contributed by atoms with Gasteiger partial charge in [-0.1, -0.05) is 30.3 Å². The number of ketones is 1. The number of nitro groups is 1. The van der Waals surface area contributed by atoms with E-state index in [0.717, 1.165) is 12.1 Å². The van der Waals surface area contributed by atoms with Crippen LogP contribution in [0.1, 0.15) is 15.9 Å². The fourth-order valence-electron chi connectivity index (χ4n) is 2.23. The van der Waals surface area contributed by atoms with E-state index in [1.165, 1.54) is 36.4 Å². The number of carbonyl (C=O) groups is 2. The summed E-state index contributed by atoms with van der Waals surface area (Å²) in [7, 11) is 0. The van der Waals surface area contributed by atoms with E-state index in [9.17, 15) is 32.9 Å². The first-order valence-corrected chi connectivity index (χ1v) is 7.39. The van der Waals surface area contributed by atoms with Gasteiger partial charge in [0.15, 0.2) is 0 Å². The molecule has 0 saturated heterocycles. The number of alkyl halides is 3. The summed E-state index contributed by atoms with van der Waals surface area (Å²) in [5.74, 6) is -2.92. The zero-order valence-corrected chi connectivity index (χ0v) is 13.2. The zero-order valence-electron chi connectivity index (χ0n) is 13.2. The van der Waals surface area contributed by atoms with Gasteiger partial charge in [0.05, 0.1) is 4.92 Å². The van der Waals surface area contributed by atoms with Crippen molar-refractivity contribution in [3.63, 3.8) is 0 Å². The second kappa shape index (κ2) is 7.77. The van der Waals surface area contributed by atoms with Crippen LogP contribution in [0.15, 0.2) is 54.6 Å². The van der Waals surface area contributed by atoms with Crippen molar-refractivity contribution in [3.8, 4) is 0 Å². The molecule has 136 valence electrons. The van der Waals surface area contributed by atoms with Gasteiger partial charge in [-0.2, -0.15) is 13.2 Å². The van der Waals surface area contributed by atoms with Crippen LogP contribution in [-0.4, -0.2) is 28.8 Å². The van der Waals surface area contributed by atoms with Gasteiger partial charge in [-0.05, 0) is 17.7 Å². The first-order chi connectivity index (χ1) is 12.2. The monoisotopic (exact) mass is 366 g/mol. The quantitative estimate of drug-likeness (QED) is 0.629. The highest BCUT2D eigenvalue weighted by Crippen LogP contribution is 2.21. The molecule has 0 aliphatic rings. The van der Waals surface area contributed by atoms with Crippen LogP contribution < -0.4 is 5.32 Å². The first kappa shape index (κ1) is 19.1. The maximum Gasteiger partial charge on any atom is 0.452 e. The number of nitrogens with zero attached hydrogens (tertiary/aromatic N) is 1. The molecule has 26 heavy (non-hydrogen) atoms. The van der Waals surface area contributed by atoms with Crippen LogP contribution in [0.2, 0.25) is 0 Å². The topological polar surface area (TPSA) is 89.3 Å². The van der Waals surface area contributed by atoms with Crippen molar-refractivity contribution >= 4 is 17.4 Å². The Bertz CT molecular complexity index is 805. The molecule has 0 spiro atoms. The molecular weight excluding hydrogens is 353 g/mol. The predicted molar refractivity (Wildman–Crippen MR) is 85.6 cm³/mol. The number of hydrogen-bond acceptors (Lipinski definition) is 4. The average molecular weight is 366 g/mol. The molecule has 2 rings (SSSR count). The summed E-state index contributed by atoms with van der Waals surface area (Å²) in [6.07, 6.45) is -5.58. The van der Waals surface area contributed by atoms with Gasteiger partial charge in [0.1, 0.15) is 6.04 Å². The summed E-state index contributed by atoms with van der Waals surface area (Å²) >= 11 is 0. The molecule has 0 bridgehead atoms. The number of benzene rings is 2. The minimum Gasteiger partial charge on any atom is -0.342 e. The molecule has 0 saturated carbocycles. The standard InChI is InChI=1S/C17H13F3N2O4/c18-17(19,20)15(23)14(21-16(24)12-4-2-1-3-5-12)10-11-6-8-13(9-7-11)22(25)26/h1-9,14H,10H2,(H,21,24). The molecule has 0 fully saturated rings. The van der Waals surface area contributed by atoms with Crippen molar-refractivity contribution in [3.05, 3.63) is 75.8 Å². The van der Waals surface area contributed by atoms with Gasteiger partial charge in [-0.15, -0.1) is 0 Å². The van der Waals surface area contributed by atoms with Gasteiger partial charge in [0.2, 0.25) is 0 Å². The normalized spacial score (nSPS) is 12.3. The van der Waals surface area contributed by atoms with Crippen molar-refractivity contribution in [2.45, 2.75) is 18.6 Å². The van der Waals surface area contributed by atoms with Gasteiger partial charge in [-0.3, -0.25) is 19.7 Å². The van der Waals surface area contributed by atoms with Crippen molar-refractivity contribution in [2.24, 2.45) is 0 Å². The molecule has 0 aliphatic carbocycles. The van der Waals surface area contributed by atoms with Crippen molar-refractivity contribution in [2.75, 3.05) is 0 Å². The third-order valence-electron chi connectivity index (χ3n) is 3.52. The lowest BCUT2D eigenvalue weighted by atomic mass is 10.0. The van der Waals surface area contributed by atoms with E-state index in [1.807, 2.05) is 0 Å². The van der Waals surface area contributed by atoms with Crippen LogP contribution >= 0.6 is 0 Å². The molecule has 2 aromatic carbocycles. The third-order valence-corrected chi connectivity index (χ3v) is 3.52. The lowest BCUT2D eigenvalue weighted by Gasteiger charge is -2.19. The fraction of sp³-hybridized carbons (Fsp3) is 0.176. The van der Waals surface area contributed by atoms with Crippen molar-refractivity contribution in [1.29, 1.82) is 0 Å². The van der Waals surface area contributed by atoms with Crippen LogP contribution in [0.3, 0.4) is 0 Å². The number of non-ortho nitro benzene ring substituents is 1. The molecule has 6 nitrogen and oxygen atoms in total. The van der Waals surface area contributed by atoms with Crippen molar-refractivity contribution < 1.29 is 27.7 Å². The van der Waals surface area contributed by atoms with Crippen LogP contribution in [-0.2, 0) is 11.2 Å². The maximum absolute atomic E-state index is 12.8. The molecule has 1 amide bonds. The summed E-state index contributed by atoms with van der Waals surface area (Å²) < 4.78 is 38.5. The molecule has 9 heteroatoms. The Labute approximate surface area is 145 Å². The van der Waals surface area contributed by atoms with Gasteiger partial charge in [-0.25, -0.2) is 0 Å². The predicted octanol–water partition coefficient (Wildman–Crippen LogP) is 3.07. The highest BCUT2D eigenvalue weighted by molar-refractivity contribution is 5.99. The van der Waals surface area contributed by atoms with E-state index in [2.05, 4.69) is 5.32 Å². The Morgan fingerprint density at radius 1 is 1.04 bits per heavy atom. The van der Waals surface area contributed by atoms with E-state index < -0.39 is 35.3 Å². The van der Waals surface area contributed by atoms with Crippen LogP contribution in [0.5, 0.6) is 0 Å². The van der Waals surface area contributed by atoms with Crippen LogP contribution in [0.4, 0.5) is 18.9 Å². The molecule has 1 unspecified atom stereocenters. The van der Waals surface area contributed by atoms with E-state index in [4.69, 9.17) is 0 Å². The number of nitrogens with one attached hydrogen (secondary N) is 1. The molecule has 1 atom stereocenters. The number of halogens is 3. The average Bonchev–Trinajstić information content (AvgIpc) is 2.60. The minimum atomic E-state index is -5.13. The Balaban J connectivity index is 2.22. The maximum atomic E-state index is 12.8. The van der Waals surface area contributed by atoms with Gasteiger partial charge in [0.25, 0.3) is 17.4 Å². The SMILES string of the molecule is O=C(NC(Cc1ccc([N+](=O)[O-])cc1)C(=O)C(F)(F)F)c1ccccc1. The molecule has 0 aliphatic heterocycles. The number of rotatable bonds is 6. The zero-order chi connectivity index (χ0) is 19.3. The van der Waals surface area contributed by atoms with Gasteiger partial charge < -0.3 is 5.32 Å². The Morgan fingerprint density at radius 3 is 2.12 bits per heavy atom. The van der Waals surface area contributed by atoms with Crippen LogP contribution in [0.25, 0.3) is 0 Å². The molecule has 2 aromatic rings. The number of Topliss-reactive ketones (excluding diaryl/α,β-unsaturated/α-hetero) is 1. The molecule has 0 radical (unpaired) electrons. The summed E-state index contributed by atoms with van der Waals surface area (Å²) in [6, 6.07) is 10.4. The Morgan fingerprint density at radius 2 is 1.62 bits per heavy atom. The smallest absolute Gasteiger partial charge is 0.342 e. The third kappa shape index (κ3) is 4.88. The van der Waals surface area contributed by atoms with Crippen molar-refractivity contribution in [1.82, 2.24) is 5.32 Å².